The van der Waals surface area contributed by atoms with Crippen molar-refractivity contribution in [1.29, 1.82) is 0 Å². The summed E-state index contributed by atoms with van der Waals surface area (Å²) in [6.45, 7) is 0.453. The van der Waals surface area contributed by atoms with Crippen molar-refractivity contribution in [3.05, 3.63) is 64.8 Å². The van der Waals surface area contributed by atoms with Crippen LogP contribution < -0.4 is 10.1 Å². The molecule has 0 saturated carbocycles. The summed E-state index contributed by atoms with van der Waals surface area (Å²) in [6.07, 6.45) is 0. The highest BCUT2D eigenvalue weighted by Crippen LogP contribution is 2.28. The zero-order valence-corrected chi connectivity index (χ0v) is 15.8. The van der Waals surface area contributed by atoms with Crippen molar-refractivity contribution in [3.63, 3.8) is 0 Å². The number of nitrogens with one attached hydrogen (secondary N) is 1. The first-order valence-electron chi connectivity index (χ1n) is 8.26. The summed E-state index contributed by atoms with van der Waals surface area (Å²) >= 11 is 1.30. The van der Waals surface area contributed by atoms with Crippen LogP contribution in [0, 0.1) is 5.82 Å². The second-order valence-electron chi connectivity index (χ2n) is 6.22. The van der Waals surface area contributed by atoms with Gasteiger partial charge in [-0.15, -0.1) is 11.3 Å². The molecule has 2 aromatic carbocycles. The number of fused-ring (bicyclic) bond motifs is 1. The summed E-state index contributed by atoms with van der Waals surface area (Å²) in [6, 6.07) is 14.3. The molecule has 26 heavy (non-hydrogen) atoms. The van der Waals surface area contributed by atoms with Gasteiger partial charge in [0.1, 0.15) is 11.6 Å². The Labute approximate surface area is 156 Å². The molecule has 3 aromatic rings. The average Bonchev–Trinajstić information content (AvgIpc) is 3.08. The van der Waals surface area contributed by atoms with Gasteiger partial charge < -0.3 is 15.0 Å². The van der Waals surface area contributed by atoms with Crippen LogP contribution in [0.4, 0.5) is 4.39 Å². The number of carbonyl (C=O) groups is 1. The molecule has 1 N–H and O–H groups in total. The van der Waals surface area contributed by atoms with E-state index in [2.05, 4.69) is 5.32 Å². The van der Waals surface area contributed by atoms with Gasteiger partial charge in [0.15, 0.2) is 0 Å². The first kappa shape index (κ1) is 18.4. The predicted octanol–water partition coefficient (Wildman–Crippen LogP) is 4.08. The van der Waals surface area contributed by atoms with E-state index in [1.165, 1.54) is 17.4 Å². The van der Waals surface area contributed by atoms with E-state index in [1.807, 2.05) is 49.3 Å². The molecule has 3 rings (SSSR count). The van der Waals surface area contributed by atoms with E-state index in [4.69, 9.17) is 4.74 Å². The number of carbonyl (C=O) groups excluding carboxylic acids is 1. The second kappa shape index (κ2) is 7.85. The number of nitrogens with zero attached hydrogens (tertiary/aromatic N) is 1. The number of methoxy groups -OCH3 is 1. The van der Waals surface area contributed by atoms with Gasteiger partial charge >= 0.3 is 0 Å². The molecule has 0 aliphatic heterocycles. The van der Waals surface area contributed by atoms with E-state index in [-0.39, 0.29) is 17.8 Å². The fourth-order valence-corrected chi connectivity index (χ4v) is 3.83. The maximum absolute atomic E-state index is 13.8. The van der Waals surface area contributed by atoms with E-state index in [0.717, 1.165) is 16.0 Å². The molecule has 6 heteroatoms. The van der Waals surface area contributed by atoms with Crippen LogP contribution in [-0.4, -0.2) is 38.6 Å². The fourth-order valence-electron chi connectivity index (χ4n) is 2.84. The van der Waals surface area contributed by atoms with Crippen molar-refractivity contribution in [2.75, 3.05) is 27.7 Å². The van der Waals surface area contributed by atoms with Crippen molar-refractivity contribution < 1.29 is 13.9 Å². The molecule has 0 saturated heterocycles. The Bertz CT molecular complexity index is 906. The summed E-state index contributed by atoms with van der Waals surface area (Å²) in [5, 5.41) is 3.45. The number of benzene rings is 2. The van der Waals surface area contributed by atoms with E-state index >= 15 is 0 Å². The van der Waals surface area contributed by atoms with Crippen molar-refractivity contribution in [1.82, 2.24) is 10.2 Å². The largest absolute Gasteiger partial charge is 0.497 e. The highest BCUT2D eigenvalue weighted by molar-refractivity contribution is 7.20. The van der Waals surface area contributed by atoms with E-state index in [9.17, 15) is 9.18 Å². The third-order valence-electron chi connectivity index (χ3n) is 4.31. The molecule has 1 unspecified atom stereocenters. The zero-order valence-electron chi connectivity index (χ0n) is 15.0. The van der Waals surface area contributed by atoms with E-state index in [1.54, 1.807) is 19.2 Å². The molecule has 136 valence electrons. The van der Waals surface area contributed by atoms with Gasteiger partial charge in [-0.3, -0.25) is 4.79 Å². The van der Waals surface area contributed by atoms with E-state index in [0.29, 0.717) is 16.8 Å². The lowest BCUT2D eigenvalue weighted by molar-refractivity contribution is 0.0946. The number of likely N-dealkylation sites (N-methyl/N-ethyl adjacent to an activating group) is 1. The highest BCUT2D eigenvalue weighted by Gasteiger charge is 2.17. The van der Waals surface area contributed by atoms with Gasteiger partial charge in [0.25, 0.3) is 5.91 Å². The zero-order chi connectivity index (χ0) is 18.7. The third-order valence-corrected chi connectivity index (χ3v) is 5.41. The second-order valence-corrected chi connectivity index (χ2v) is 7.31. The summed E-state index contributed by atoms with van der Waals surface area (Å²) < 4.78 is 19.8. The Hall–Kier alpha value is -2.44. The van der Waals surface area contributed by atoms with Crippen LogP contribution in [-0.2, 0) is 0 Å². The maximum Gasteiger partial charge on any atom is 0.261 e. The normalized spacial score (nSPS) is 12.3. The molecule has 1 amide bonds. The van der Waals surface area contributed by atoms with Gasteiger partial charge in [-0.05, 0) is 50.0 Å². The summed E-state index contributed by atoms with van der Waals surface area (Å²) in [5.74, 6) is 0.302. The van der Waals surface area contributed by atoms with Crippen molar-refractivity contribution in [2.45, 2.75) is 6.04 Å². The summed E-state index contributed by atoms with van der Waals surface area (Å²) in [5.41, 5.74) is 1.08. The number of amides is 1. The first-order chi connectivity index (χ1) is 12.5. The highest BCUT2D eigenvalue weighted by atomic mass is 32.1. The Morgan fingerprint density at radius 1 is 1.23 bits per heavy atom. The Morgan fingerprint density at radius 2 is 1.96 bits per heavy atom. The molecule has 1 atom stereocenters. The van der Waals surface area contributed by atoms with Crippen molar-refractivity contribution >= 4 is 27.3 Å². The molecular formula is C20H21FN2O2S. The van der Waals surface area contributed by atoms with Crippen LogP contribution in [0.2, 0.25) is 0 Å². The van der Waals surface area contributed by atoms with Crippen LogP contribution in [0.3, 0.4) is 0 Å². The van der Waals surface area contributed by atoms with Crippen LogP contribution in [0.15, 0.2) is 48.5 Å². The molecule has 0 aliphatic rings. The Kier molecular flexibility index (Phi) is 5.54. The Balaban J connectivity index is 1.73. The van der Waals surface area contributed by atoms with Gasteiger partial charge in [0, 0.05) is 16.6 Å². The number of hydrogen-bond donors (Lipinski definition) is 1. The smallest absolute Gasteiger partial charge is 0.261 e. The van der Waals surface area contributed by atoms with Gasteiger partial charge in [0.2, 0.25) is 0 Å². The van der Waals surface area contributed by atoms with Crippen LogP contribution in [0.25, 0.3) is 10.1 Å². The monoisotopic (exact) mass is 372 g/mol. The maximum atomic E-state index is 13.8. The molecule has 0 spiro atoms. The Morgan fingerprint density at radius 3 is 2.58 bits per heavy atom. The summed E-state index contributed by atoms with van der Waals surface area (Å²) in [7, 11) is 5.57. The number of ether oxygens (including phenoxy) is 1. The van der Waals surface area contributed by atoms with Crippen LogP contribution in [0.5, 0.6) is 5.75 Å². The molecule has 0 fully saturated rings. The third kappa shape index (κ3) is 3.86. The number of hydrogen-bond acceptors (Lipinski definition) is 4. The molecule has 0 aliphatic carbocycles. The van der Waals surface area contributed by atoms with Gasteiger partial charge in [-0.2, -0.15) is 0 Å². The minimum absolute atomic E-state index is 0.0240. The summed E-state index contributed by atoms with van der Waals surface area (Å²) in [4.78, 5) is 15.1. The molecule has 0 bridgehead atoms. The lowest BCUT2D eigenvalue weighted by Crippen LogP contribution is -2.34. The lowest BCUT2D eigenvalue weighted by Gasteiger charge is -2.25. The van der Waals surface area contributed by atoms with Crippen LogP contribution >= 0.6 is 11.3 Å². The van der Waals surface area contributed by atoms with Crippen molar-refractivity contribution in [3.8, 4) is 5.75 Å². The quantitative estimate of drug-likeness (QED) is 0.709. The number of thiophene rings is 1. The van der Waals surface area contributed by atoms with Crippen molar-refractivity contribution in [2.24, 2.45) is 0 Å². The molecule has 4 nitrogen and oxygen atoms in total. The fraction of sp³-hybridized carbons (Fsp3) is 0.250. The molecule has 1 heterocycles. The molecular weight excluding hydrogens is 351 g/mol. The first-order valence-corrected chi connectivity index (χ1v) is 9.08. The standard InChI is InChI=1S/C20H21FN2O2S/c1-23(2)17(13-7-9-14(25-3)10-8-13)12-22-20(24)19-11-15-16(21)5-4-6-18(15)26-19/h4-11,17H,12H2,1-3H3,(H,22,24). The van der Waals surface area contributed by atoms with Gasteiger partial charge in [-0.1, -0.05) is 18.2 Å². The van der Waals surface area contributed by atoms with Gasteiger partial charge in [-0.25, -0.2) is 4.39 Å². The minimum atomic E-state index is -0.304. The topological polar surface area (TPSA) is 41.6 Å². The van der Waals surface area contributed by atoms with Crippen LogP contribution in [0.1, 0.15) is 21.3 Å². The SMILES string of the molecule is COc1ccc(C(CNC(=O)c2cc3c(F)cccc3s2)N(C)C)cc1. The molecule has 0 radical (unpaired) electrons. The lowest BCUT2D eigenvalue weighted by atomic mass is 10.1. The molecule has 1 aromatic heterocycles. The minimum Gasteiger partial charge on any atom is -0.497 e. The number of halogens is 1. The van der Waals surface area contributed by atoms with Gasteiger partial charge in [0.05, 0.1) is 18.0 Å². The number of rotatable bonds is 6. The predicted molar refractivity (Wildman–Crippen MR) is 104 cm³/mol. The average molecular weight is 372 g/mol. The van der Waals surface area contributed by atoms with E-state index < -0.39 is 0 Å².